The van der Waals surface area contributed by atoms with Gasteiger partial charge in [-0.25, -0.2) is 0 Å². The van der Waals surface area contributed by atoms with Crippen LogP contribution in [0.5, 0.6) is 0 Å². The standard InChI is InChI=1S/C7H9N.C5H10O3S/c1-6-2-4-7(8)5-3-6;1-3-5(4-2)9(6,7)8/h2-5H,8H2,1H3;3H,4H2,1-2H3,(H,6,7,8). The largest absolute Gasteiger partial charge is 0.399 e. The van der Waals surface area contributed by atoms with Gasteiger partial charge in [-0.05, 0) is 32.4 Å². The first-order valence-corrected chi connectivity index (χ1v) is 6.70. The predicted octanol–water partition coefficient (Wildman–Crippen LogP) is 2.77. The van der Waals surface area contributed by atoms with E-state index in [9.17, 15) is 8.42 Å². The maximum atomic E-state index is 10.3. The summed E-state index contributed by atoms with van der Waals surface area (Å²) in [6.07, 6.45) is 1.73. The second-order valence-electron chi connectivity index (χ2n) is 3.49. The van der Waals surface area contributed by atoms with E-state index in [1.165, 1.54) is 11.6 Å². The van der Waals surface area contributed by atoms with E-state index in [0.717, 1.165) is 5.69 Å². The molecule has 0 atom stereocenters. The maximum Gasteiger partial charge on any atom is 0.290 e. The fourth-order valence-corrected chi connectivity index (χ4v) is 1.76. The highest BCUT2D eigenvalue weighted by atomic mass is 32.2. The van der Waals surface area contributed by atoms with Crippen molar-refractivity contribution in [3.05, 3.63) is 40.8 Å². The lowest BCUT2D eigenvalue weighted by Crippen LogP contribution is -1.99. The summed E-state index contributed by atoms with van der Waals surface area (Å²) in [5.41, 5.74) is 7.51. The molecule has 0 spiro atoms. The van der Waals surface area contributed by atoms with Gasteiger partial charge in [0.2, 0.25) is 0 Å². The molecule has 0 amide bonds. The third kappa shape index (κ3) is 6.76. The van der Waals surface area contributed by atoms with E-state index in [4.69, 9.17) is 10.3 Å². The van der Waals surface area contributed by atoms with Gasteiger partial charge in [-0.2, -0.15) is 8.42 Å². The van der Waals surface area contributed by atoms with E-state index in [2.05, 4.69) is 0 Å². The Morgan fingerprint density at radius 3 is 2.00 bits per heavy atom. The van der Waals surface area contributed by atoms with Gasteiger partial charge in [-0.15, -0.1) is 0 Å². The lowest BCUT2D eigenvalue weighted by molar-refractivity contribution is 0.489. The SMILES string of the molecule is CC=C(CC)S(=O)(=O)O.Cc1ccc(N)cc1. The van der Waals surface area contributed by atoms with Crippen LogP contribution in [-0.2, 0) is 10.1 Å². The first kappa shape index (κ1) is 15.7. The van der Waals surface area contributed by atoms with E-state index in [-0.39, 0.29) is 4.91 Å². The first-order valence-electron chi connectivity index (χ1n) is 5.26. The number of nitrogen functional groups attached to an aromatic ring is 1. The van der Waals surface area contributed by atoms with Crippen molar-refractivity contribution in [3.8, 4) is 0 Å². The number of hydrogen-bond acceptors (Lipinski definition) is 3. The highest BCUT2D eigenvalue weighted by molar-refractivity contribution is 7.89. The Labute approximate surface area is 103 Å². The number of aryl methyl sites for hydroxylation is 1. The summed E-state index contributed by atoms with van der Waals surface area (Å²) in [5.74, 6) is 0. The van der Waals surface area contributed by atoms with Gasteiger partial charge in [-0.1, -0.05) is 30.7 Å². The minimum absolute atomic E-state index is 0.0718. The molecule has 0 saturated carbocycles. The molecule has 0 heterocycles. The summed E-state index contributed by atoms with van der Waals surface area (Å²) in [4.78, 5) is 0.0718. The smallest absolute Gasteiger partial charge is 0.290 e. The van der Waals surface area contributed by atoms with E-state index in [0.29, 0.717) is 6.42 Å². The lowest BCUT2D eigenvalue weighted by atomic mass is 10.2. The monoisotopic (exact) mass is 257 g/mol. The van der Waals surface area contributed by atoms with Crippen molar-refractivity contribution in [2.45, 2.75) is 27.2 Å². The van der Waals surface area contributed by atoms with Crippen LogP contribution in [0.15, 0.2) is 35.2 Å². The summed E-state index contributed by atoms with van der Waals surface area (Å²) < 4.78 is 28.9. The Balaban J connectivity index is 0.000000302. The third-order valence-electron chi connectivity index (χ3n) is 2.08. The van der Waals surface area contributed by atoms with Crippen molar-refractivity contribution in [1.29, 1.82) is 0 Å². The normalized spacial score (nSPS) is 11.6. The molecule has 0 aliphatic carbocycles. The summed E-state index contributed by atoms with van der Waals surface area (Å²) >= 11 is 0. The second kappa shape index (κ2) is 7.09. The van der Waals surface area contributed by atoms with Crippen molar-refractivity contribution in [2.24, 2.45) is 0 Å². The Bertz CT molecular complexity index is 440. The zero-order valence-corrected chi connectivity index (χ0v) is 11.2. The molecule has 1 rings (SSSR count). The van der Waals surface area contributed by atoms with Crippen molar-refractivity contribution in [3.63, 3.8) is 0 Å². The number of benzene rings is 1. The van der Waals surface area contributed by atoms with Gasteiger partial charge in [-0.3, -0.25) is 4.55 Å². The van der Waals surface area contributed by atoms with Crippen LogP contribution in [0, 0.1) is 6.92 Å². The van der Waals surface area contributed by atoms with Crippen LogP contribution >= 0.6 is 0 Å². The summed E-state index contributed by atoms with van der Waals surface area (Å²) in [6, 6.07) is 7.79. The van der Waals surface area contributed by atoms with E-state index < -0.39 is 10.1 Å². The molecular weight excluding hydrogens is 238 g/mol. The van der Waals surface area contributed by atoms with Crippen LogP contribution in [0.1, 0.15) is 25.8 Å². The molecule has 96 valence electrons. The minimum Gasteiger partial charge on any atom is -0.399 e. The van der Waals surface area contributed by atoms with Crippen molar-refractivity contribution < 1.29 is 13.0 Å². The van der Waals surface area contributed by atoms with Gasteiger partial charge >= 0.3 is 0 Å². The minimum atomic E-state index is -3.90. The molecule has 3 N–H and O–H groups in total. The summed E-state index contributed by atoms with van der Waals surface area (Å²) in [5, 5.41) is 0. The molecule has 5 heteroatoms. The average molecular weight is 257 g/mol. The Morgan fingerprint density at radius 2 is 1.82 bits per heavy atom. The number of allylic oxidation sites excluding steroid dienone is 2. The maximum absolute atomic E-state index is 10.3. The van der Waals surface area contributed by atoms with Gasteiger partial charge < -0.3 is 5.73 Å². The molecule has 4 nitrogen and oxygen atoms in total. The van der Waals surface area contributed by atoms with Crippen molar-refractivity contribution >= 4 is 15.8 Å². The zero-order valence-electron chi connectivity index (χ0n) is 10.3. The van der Waals surface area contributed by atoms with Gasteiger partial charge in [0.1, 0.15) is 0 Å². The van der Waals surface area contributed by atoms with Crippen LogP contribution in [0.3, 0.4) is 0 Å². The van der Waals surface area contributed by atoms with Crippen LogP contribution in [0.25, 0.3) is 0 Å². The molecule has 1 aromatic rings. The van der Waals surface area contributed by atoms with E-state index in [1.54, 1.807) is 13.8 Å². The predicted molar refractivity (Wildman–Crippen MR) is 71.2 cm³/mol. The molecule has 17 heavy (non-hydrogen) atoms. The zero-order chi connectivity index (χ0) is 13.5. The quantitative estimate of drug-likeness (QED) is 0.630. The first-order chi connectivity index (χ1) is 7.81. The lowest BCUT2D eigenvalue weighted by Gasteiger charge is -1.95. The molecule has 0 saturated heterocycles. The highest BCUT2D eigenvalue weighted by Crippen LogP contribution is 2.06. The Morgan fingerprint density at radius 1 is 1.35 bits per heavy atom. The third-order valence-corrected chi connectivity index (χ3v) is 3.27. The number of hydrogen-bond donors (Lipinski definition) is 2. The molecule has 0 bridgehead atoms. The summed E-state index contributed by atoms with van der Waals surface area (Å²) in [7, 11) is -3.90. The van der Waals surface area contributed by atoms with Crippen LogP contribution in [0.4, 0.5) is 5.69 Å². The second-order valence-corrected chi connectivity index (χ2v) is 4.97. The van der Waals surface area contributed by atoms with Crippen LogP contribution in [0.2, 0.25) is 0 Å². The number of rotatable bonds is 2. The van der Waals surface area contributed by atoms with Crippen molar-refractivity contribution in [2.75, 3.05) is 5.73 Å². The van der Waals surface area contributed by atoms with Gasteiger partial charge in [0.15, 0.2) is 0 Å². The summed E-state index contributed by atoms with van der Waals surface area (Å²) in [6.45, 7) is 5.29. The van der Waals surface area contributed by atoms with Gasteiger partial charge in [0.25, 0.3) is 10.1 Å². The molecule has 1 aromatic carbocycles. The molecule has 0 fully saturated rings. The Kier molecular flexibility index (Phi) is 6.53. The van der Waals surface area contributed by atoms with E-state index in [1.807, 2.05) is 31.2 Å². The Hall–Kier alpha value is -1.33. The topological polar surface area (TPSA) is 80.4 Å². The van der Waals surface area contributed by atoms with Crippen LogP contribution in [-0.4, -0.2) is 13.0 Å². The van der Waals surface area contributed by atoms with E-state index >= 15 is 0 Å². The molecule has 0 aliphatic rings. The average Bonchev–Trinajstić information content (AvgIpc) is 2.23. The highest BCUT2D eigenvalue weighted by Gasteiger charge is 2.08. The fourth-order valence-electron chi connectivity index (χ4n) is 1.10. The number of anilines is 1. The molecular formula is C12H19NO3S. The van der Waals surface area contributed by atoms with Crippen LogP contribution < -0.4 is 5.73 Å². The molecule has 0 radical (unpaired) electrons. The van der Waals surface area contributed by atoms with Gasteiger partial charge in [0, 0.05) is 5.69 Å². The fraction of sp³-hybridized carbons (Fsp3) is 0.333. The van der Waals surface area contributed by atoms with Crippen molar-refractivity contribution in [1.82, 2.24) is 0 Å². The molecule has 0 unspecified atom stereocenters. The van der Waals surface area contributed by atoms with Gasteiger partial charge in [0.05, 0.1) is 4.91 Å². The molecule has 0 aromatic heterocycles. The molecule has 0 aliphatic heterocycles. The number of nitrogens with two attached hydrogens (primary N) is 1.